The number of nitrogens with zero attached hydrogens (tertiary/aromatic N) is 3. The zero-order valence-corrected chi connectivity index (χ0v) is 14.6. The van der Waals surface area contributed by atoms with Crippen LogP contribution in [-0.4, -0.2) is 20.3 Å². The van der Waals surface area contributed by atoms with Gasteiger partial charge in [-0.05, 0) is 23.6 Å². The summed E-state index contributed by atoms with van der Waals surface area (Å²) in [5.74, 6) is -0.456. The maximum atomic E-state index is 12.1. The molecule has 0 saturated heterocycles. The zero-order chi connectivity index (χ0) is 16.5. The number of halogens is 1. The first kappa shape index (κ1) is 15.3. The second-order valence-corrected chi connectivity index (χ2v) is 7.05. The molecule has 24 heavy (non-hydrogen) atoms. The second kappa shape index (κ2) is 6.35. The zero-order valence-electron chi connectivity index (χ0n) is 12.2. The molecule has 0 aliphatic heterocycles. The third kappa shape index (κ3) is 3.06. The van der Waals surface area contributed by atoms with Gasteiger partial charge in [0.25, 0.3) is 0 Å². The number of thiophene rings is 1. The van der Waals surface area contributed by atoms with Gasteiger partial charge in [-0.2, -0.15) is 11.3 Å². The minimum atomic E-state index is -0.456. The van der Waals surface area contributed by atoms with Crippen molar-refractivity contribution >= 4 is 45.9 Å². The summed E-state index contributed by atoms with van der Waals surface area (Å²) in [7, 11) is 0. The Hall–Kier alpha value is -2.22. The number of ether oxygens (including phenoxy) is 1. The first-order valence-corrected chi connectivity index (χ1v) is 9.17. The monoisotopic (exact) mass is 375 g/mol. The lowest BCUT2D eigenvalue weighted by Crippen LogP contribution is -2.05. The Morgan fingerprint density at radius 1 is 1.21 bits per heavy atom. The van der Waals surface area contributed by atoms with E-state index in [1.165, 1.54) is 11.3 Å². The molecule has 0 N–H and O–H groups in total. The van der Waals surface area contributed by atoms with Crippen molar-refractivity contribution in [2.24, 2.45) is 0 Å². The number of rotatable bonds is 4. The number of pyridine rings is 1. The van der Waals surface area contributed by atoms with E-state index in [0.29, 0.717) is 16.4 Å². The fourth-order valence-electron chi connectivity index (χ4n) is 2.19. The van der Waals surface area contributed by atoms with E-state index in [0.717, 1.165) is 16.2 Å². The van der Waals surface area contributed by atoms with Gasteiger partial charge in [0.2, 0.25) is 0 Å². The lowest BCUT2D eigenvalue weighted by molar-refractivity contribution is 0.0462. The van der Waals surface area contributed by atoms with Crippen LogP contribution in [0.25, 0.3) is 16.2 Å². The van der Waals surface area contributed by atoms with Gasteiger partial charge in [-0.15, -0.1) is 11.3 Å². The highest BCUT2D eigenvalue weighted by Gasteiger charge is 2.14. The largest absolute Gasteiger partial charge is 0.454 e. The van der Waals surface area contributed by atoms with Crippen molar-refractivity contribution in [3.8, 4) is 10.6 Å². The molecule has 8 heteroatoms. The molecule has 0 spiro atoms. The summed E-state index contributed by atoms with van der Waals surface area (Å²) in [5.41, 5.74) is 2.73. The molecule has 0 aliphatic rings. The van der Waals surface area contributed by atoms with Gasteiger partial charge in [-0.1, -0.05) is 11.6 Å². The molecule has 4 rings (SSSR count). The molecule has 0 aliphatic carbocycles. The minimum absolute atomic E-state index is 0.0867. The highest BCUT2D eigenvalue weighted by molar-refractivity contribution is 7.14. The quantitative estimate of drug-likeness (QED) is 0.492. The van der Waals surface area contributed by atoms with Gasteiger partial charge in [-0.25, -0.2) is 14.8 Å². The lowest BCUT2D eigenvalue weighted by Gasteiger charge is -1.99. The minimum Gasteiger partial charge on any atom is -0.454 e. The van der Waals surface area contributed by atoms with Crippen molar-refractivity contribution < 1.29 is 9.53 Å². The molecule has 4 heterocycles. The van der Waals surface area contributed by atoms with Crippen LogP contribution in [0.1, 0.15) is 16.2 Å². The van der Waals surface area contributed by atoms with E-state index < -0.39 is 5.97 Å². The Morgan fingerprint density at radius 2 is 2.12 bits per heavy atom. The van der Waals surface area contributed by atoms with Gasteiger partial charge in [0.15, 0.2) is 5.69 Å². The van der Waals surface area contributed by atoms with Crippen LogP contribution in [0.2, 0.25) is 5.02 Å². The molecular weight excluding hydrogens is 366 g/mol. The summed E-state index contributed by atoms with van der Waals surface area (Å²) >= 11 is 8.96. The van der Waals surface area contributed by atoms with Crippen molar-refractivity contribution in [1.29, 1.82) is 0 Å². The fourth-order valence-corrected chi connectivity index (χ4v) is 3.86. The van der Waals surface area contributed by atoms with E-state index in [4.69, 9.17) is 16.3 Å². The van der Waals surface area contributed by atoms with Crippen LogP contribution < -0.4 is 0 Å². The van der Waals surface area contributed by atoms with Gasteiger partial charge < -0.3 is 9.14 Å². The summed E-state index contributed by atoms with van der Waals surface area (Å²) in [6.07, 6.45) is 3.54. The van der Waals surface area contributed by atoms with Gasteiger partial charge in [0.1, 0.15) is 17.3 Å². The highest BCUT2D eigenvalue weighted by Crippen LogP contribution is 2.26. The maximum Gasteiger partial charge on any atom is 0.358 e. The Labute approximate surface area is 150 Å². The molecule has 5 nitrogen and oxygen atoms in total. The molecule has 0 fully saturated rings. The van der Waals surface area contributed by atoms with E-state index >= 15 is 0 Å². The number of fused-ring (bicyclic) bond motifs is 1. The van der Waals surface area contributed by atoms with Gasteiger partial charge in [0, 0.05) is 28.7 Å². The number of carbonyl (C=O) groups is 1. The average molecular weight is 376 g/mol. The number of imidazole rings is 1. The maximum absolute atomic E-state index is 12.1. The smallest absolute Gasteiger partial charge is 0.358 e. The van der Waals surface area contributed by atoms with Crippen LogP contribution >= 0.6 is 34.3 Å². The number of carbonyl (C=O) groups excluding carboxylic acids is 1. The SMILES string of the molecule is O=C(OCc1cn2cc(Cl)ccc2n1)c1csc(-c2ccsc2)n1. The van der Waals surface area contributed by atoms with Gasteiger partial charge in [-0.3, -0.25) is 0 Å². The number of aromatic nitrogens is 3. The Morgan fingerprint density at radius 3 is 2.96 bits per heavy atom. The predicted molar refractivity (Wildman–Crippen MR) is 94.7 cm³/mol. The molecular formula is C16H10ClN3O2S2. The number of hydrogen-bond donors (Lipinski definition) is 0. The second-order valence-electron chi connectivity index (χ2n) is 4.97. The molecule has 0 radical (unpaired) electrons. The molecule has 0 atom stereocenters. The summed E-state index contributed by atoms with van der Waals surface area (Å²) in [6.45, 7) is 0.0867. The molecule has 0 aromatic carbocycles. The van der Waals surface area contributed by atoms with Crippen molar-refractivity contribution in [3.63, 3.8) is 0 Å². The highest BCUT2D eigenvalue weighted by atomic mass is 35.5. The molecule has 120 valence electrons. The lowest BCUT2D eigenvalue weighted by atomic mass is 10.3. The molecule has 0 bridgehead atoms. The summed E-state index contributed by atoms with van der Waals surface area (Å²) in [4.78, 5) is 20.8. The normalized spacial score (nSPS) is 11.0. The summed E-state index contributed by atoms with van der Waals surface area (Å²) in [6, 6.07) is 5.54. The van der Waals surface area contributed by atoms with Crippen molar-refractivity contribution in [2.45, 2.75) is 6.61 Å². The fraction of sp³-hybridized carbons (Fsp3) is 0.0625. The van der Waals surface area contributed by atoms with Crippen LogP contribution in [0.3, 0.4) is 0 Å². The number of hydrogen-bond acceptors (Lipinski definition) is 6. The Balaban J connectivity index is 1.46. The standard InChI is InChI=1S/C16H10ClN3O2S2/c17-11-1-2-14-18-12(6-20(14)5-11)7-22-16(21)13-9-24-15(19-13)10-3-4-23-8-10/h1-6,8-9H,7H2. The van der Waals surface area contributed by atoms with Crippen molar-refractivity contribution in [2.75, 3.05) is 0 Å². The van der Waals surface area contributed by atoms with Gasteiger partial charge in [0.05, 0.1) is 10.7 Å². The topological polar surface area (TPSA) is 56.5 Å². The van der Waals surface area contributed by atoms with E-state index in [-0.39, 0.29) is 6.61 Å². The first-order chi connectivity index (χ1) is 11.7. The molecule has 0 saturated carbocycles. The number of esters is 1. The molecule has 4 aromatic heterocycles. The predicted octanol–water partition coefficient (Wildman–Crippen LogP) is 4.53. The van der Waals surface area contributed by atoms with E-state index in [2.05, 4.69) is 9.97 Å². The molecule has 0 amide bonds. The summed E-state index contributed by atoms with van der Waals surface area (Å²) in [5, 5.41) is 7.11. The number of thiazole rings is 1. The van der Waals surface area contributed by atoms with E-state index in [1.54, 1.807) is 45.6 Å². The molecule has 0 unspecified atom stereocenters. The van der Waals surface area contributed by atoms with Crippen LogP contribution in [0.4, 0.5) is 0 Å². The van der Waals surface area contributed by atoms with Crippen LogP contribution in [0.15, 0.2) is 46.7 Å². The summed E-state index contributed by atoms with van der Waals surface area (Å²) < 4.78 is 7.10. The van der Waals surface area contributed by atoms with Crippen molar-refractivity contribution in [1.82, 2.24) is 14.4 Å². The Bertz CT molecular complexity index is 1010. The first-order valence-electron chi connectivity index (χ1n) is 6.97. The van der Waals surface area contributed by atoms with E-state index in [9.17, 15) is 4.79 Å². The van der Waals surface area contributed by atoms with Crippen LogP contribution in [0.5, 0.6) is 0 Å². The van der Waals surface area contributed by atoms with E-state index in [1.807, 2.05) is 16.8 Å². The molecule has 4 aromatic rings. The van der Waals surface area contributed by atoms with Crippen molar-refractivity contribution in [3.05, 3.63) is 63.1 Å². The third-order valence-corrected chi connectivity index (χ3v) is 5.10. The average Bonchev–Trinajstić information content (AvgIpc) is 3.30. The van der Waals surface area contributed by atoms with Crippen LogP contribution in [-0.2, 0) is 11.3 Å². The third-order valence-electron chi connectivity index (χ3n) is 3.30. The Kier molecular flexibility index (Phi) is 4.05. The van der Waals surface area contributed by atoms with Crippen LogP contribution in [0, 0.1) is 0 Å². The van der Waals surface area contributed by atoms with Gasteiger partial charge >= 0.3 is 5.97 Å².